The molecule has 150 valence electrons. The second kappa shape index (κ2) is 8.51. The number of carbonyl (C=O) groups is 3. The van der Waals surface area contributed by atoms with E-state index in [-0.39, 0.29) is 17.5 Å². The Kier molecular flexibility index (Phi) is 5.87. The maximum absolute atomic E-state index is 12.2. The van der Waals surface area contributed by atoms with E-state index in [9.17, 15) is 14.4 Å². The number of nitrogens with zero attached hydrogens (tertiary/aromatic N) is 3. The van der Waals surface area contributed by atoms with Crippen LogP contribution in [-0.2, 0) is 9.53 Å². The van der Waals surface area contributed by atoms with Gasteiger partial charge in [-0.1, -0.05) is 0 Å². The number of rotatable bonds is 6. The molecule has 2 N–H and O–H groups in total. The van der Waals surface area contributed by atoms with Crippen molar-refractivity contribution in [2.24, 2.45) is 0 Å². The molecule has 0 saturated heterocycles. The zero-order valence-electron chi connectivity index (χ0n) is 16.3. The first-order valence-corrected chi connectivity index (χ1v) is 9.01. The highest BCUT2D eigenvalue weighted by Crippen LogP contribution is 2.17. The number of hydrogen-bond acceptors (Lipinski definition) is 6. The van der Waals surface area contributed by atoms with Crippen LogP contribution in [-0.4, -0.2) is 46.2 Å². The third-order valence-electron chi connectivity index (χ3n) is 4.15. The average Bonchev–Trinajstić information content (AvgIpc) is 3.15. The van der Waals surface area contributed by atoms with Gasteiger partial charge in [0.15, 0.2) is 12.3 Å². The molecule has 0 radical (unpaired) electrons. The zero-order chi connectivity index (χ0) is 21.0. The molecule has 2 heterocycles. The standard InChI is InChI=1S/C20H21N5O4/c1-12(2)25-18-14(10-23-25)8-15(9-22-18)20(28)29-11-17(26)24-16-6-4-13(5-7-16)19(27)21-3/h4-10,12H,11H2,1-3H3,(H,21,27)(H,24,26). The number of benzene rings is 1. The summed E-state index contributed by atoms with van der Waals surface area (Å²) in [4.78, 5) is 40.0. The number of aromatic nitrogens is 3. The molecular weight excluding hydrogens is 374 g/mol. The first kappa shape index (κ1) is 20.0. The maximum Gasteiger partial charge on any atom is 0.340 e. The van der Waals surface area contributed by atoms with Crippen LogP contribution in [0.1, 0.15) is 40.6 Å². The van der Waals surface area contributed by atoms with Crippen LogP contribution in [0.5, 0.6) is 0 Å². The summed E-state index contributed by atoms with van der Waals surface area (Å²) in [5, 5.41) is 10.1. The van der Waals surface area contributed by atoms with Gasteiger partial charge in [-0.2, -0.15) is 5.10 Å². The molecule has 0 atom stereocenters. The van der Waals surface area contributed by atoms with Gasteiger partial charge in [-0.25, -0.2) is 14.5 Å². The molecule has 9 nitrogen and oxygen atoms in total. The van der Waals surface area contributed by atoms with E-state index < -0.39 is 18.5 Å². The van der Waals surface area contributed by atoms with Crippen molar-refractivity contribution in [3.63, 3.8) is 0 Å². The Bertz CT molecular complexity index is 1060. The van der Waals surface area contributed by atoms with E-state index in [4.69, 9.17) is 4.74 Å². The molecule has 0 aliphatic heterocycles. The molecule has 0 spiro atoms. The summed E-state index contributed by atoms with van der Waals surface area (Å²) in [5.74, 6) is -1.36. The monoisotopic (exact) mass is 395 g/mol. The molecule has 0 aliphatic carbocycles. The molecule has 2 aromatic heterocycles. The molecule has 2 amide bonds. The minimum Gasteiger partial charge on any atom is -0.452 e. The zero-order valence-corrected chi connectivity index (χ0v) is 16.3. The first-order chi connectivity index (χ1) is 13.9. The van der Waals surface area contributed by atoms with Gasteiger partial charge in [0, 0.05) is 35.9 Å². The van der Waals surface area contributed by atoms with Gasteiger partial charge in [0.2, 0.25) is 0 Å². The Labute approximate surface area is 167 Å². The number of nitrogens with one attached hydrogen (secondary N) is 2. The Morgan fingerprint density at radius 3 is 2.48 bits per heavy atom. The Balaban J connectivity index is 1.58. The lowest BCUT2D eigenvalue weighted by molar-refractivity contribution is -0.119. The number of pyridine rings is 1. The summed E-state index contributed by atoms with van der Waals surface area (Å²) in [7, 11) is 1.54. The lowest BCUT2D eigenvalue weighted by Crippen LogP contribution is -2.21. The van der Waals surface area contributed by atoms with Crippen LogP contribution in [0.15, 0.2) is 42.7 Å². The van der Waals surface area contributed by atoms with E-state index in [0.717, 1.165) is 0 Å². The maximum atomic E-state index is 12.2. The second-order valence-corrected chi connectivity index (χ2v) is 6.60. The third-order valence-corrected chi connectivity index (χ3v) is 4.15. The van der Waals surface area contributed by atoms with Crippen LogP contribution >= 0.6 is 0 Å². The van der Waals surface area contributed by atoms with E-state index in [2.05, 4.69) is 20.7 Å². The van der Waals surface area contributed by atoms with Gasteiger partial charge in [-0.15, -0.1) is 0 Å². The lowest BCUT2D eigenvalue weighted by atomic mass is 10.2. The molecule has 9 heteroatoms. The molecule has 0 bridgehead atoms. The number of hydrogen-bond donors (Lipinski definition) is 2. The summed E-state index contributed by atoms with van der Waals surface area (Å²) in [6.07, 6.45) is 3.04. The predicted molar refractivity (Wildman–Crippen MR) is 107 cm³/mol. The summed E-state index contributed by atoms with van der Waals surface area (Å²) >= 11 is 0. The highest BCUT2D eigenvalue weighted by atomic mass is 16.5. The number of ether oxygens (including phenoxy) is 1. The molecule has 3 aromatic rings. The lowest BCUT2D eigenvalue weighted by Gasteiger charge is -2.08. The third kappa shape index (κ3) is 4.57. The van der Waals surface area contributed by atoms with E-state index in [1.165, 1.54) is 13.2 Å². The van der Waals surface area contributed by atoms with Crippen molar-refractivity contribution in [1.82, 2.24) is 20.1 Å². The fourth-order valence-corrected chi connectivity index (χ4v) is 2.69. The van der Waals surface area contributed by atoms with Crippen molar-refractivity contribution in [2.75, 3.05) is 19.0 Å². The summed E-state index contributed by atoms with van der Waals surface area (Å²) in [6, 6.07) is 8.12. The van der Waals surface area contributed by atoms with E-state index in [0.29, 0.717) is 22.3 Å². The molecular formula is C20H21N5O4. The number of carbonyl (C=O) groups excluding carboxylic acids is 3. The number of esters is 1. The average molecular weight is 395 g/mol. The molecule has 0 unspecified atom stereocenters. The van der Waals surface area contributed by atoms with Crippen LogP contribution in [0.4, 0.5) is 5.69 Å². The molecule has 0 fully saturated rings. The first-order valence-electron chi connectivity index (χ1n) is 9.01. The van der Waals surface area contributed by atoms with Crippen molar-refractivity contribution in [1.29, 1.82) is 0 Å². The van der Waals surface area contributed by atoms with Crippen LogP contribution in [0.2, 0.25) is 0 Å². The van der Waals surface area contributed by atoms with E-state index in [1.807, 2.05) is 13.8 Å². The SMILES string of the molecule is CNC(=O)c1ccc(NC(=O)COC(=O)c2cnc3c(cnn3C(C)C)c2)cc1. The smallest absolute Gasteiger partial charge is 0.340 e. The van der Waals surface area contributed by atoms with Crippen molar-refractivity contribution in [3.05, 3.63) is 53.9 Å². The Hall–Kier alpha value is -3.75. The molecule has 0 saturated carbocycles. The number of fused-ring (bicyclic) bond motifs is 1. The van der Waals surface area contributed by atoms with Crippen molar-refractivity contribution in [2.45, 2.75) is 19.9 Å². The normalized spacial score (nSPS) is 10.8. The summed E-state index contributed by atoms with van der Waals surface area (Å²) < 4.78 is 6.82. The number of amides is 2. The molecule has 1 aromatic carbocycles. The van der Waals surface area contributed by atoms with E-state index in [1.54, 1.807) is 41.2 Å². The van der Waals surface area contributed by atoms with Gasteiger partial charge in [0.05, 0.1) is 11.8 Å². The van der Waals surface area contributed by atoms with Crippen LogP contribution in [0.25, 0.3) is 11.0 Å². The summed E-state index contributed by atoms with van der Waals surface area (Å²) in [6.45, 7) is 3.53. The minimum absolute atomic E-state index is 0.145. The number of anilines is 1. The quantitative estimate of drug-likeness (QED) is 0.618. The fourth-order valence-electron chi connectivity index (χ4n) is 2.69. The van der Waals surface area contributed by atoms with Gasteiger partial charge in [0.25, 0.3) is 11.8 Å². The largest absolute Gasteiger partial charge is 0.452 e. The van der Waals surface area contributed by atoms with Gasteiger partial charge in [0.1, 0.15) is 0 Å². The van der Waals surface area contributed by atoms with Gasteiger partial charge in [-0.05, 0) is 44.2 Å². The summed E-state index contributed by atoms with van der Waals surface area (Å²) in [5.41, 5.74) is 1.88. The van der Waals surface area contributed by atoms with Gasteiger partial charge >= 0.3 is 5.97 Å². The molecule has 0 aliphatic rings. The minimum atomic E-state index is -0.651. The predicted octanol–water partition coefficient (Wildman–Crippen LogP) is 2.17. The van der Waals surface area contributed by atoms with Crippen molar-refractivity contribution in [3.8, 4) is 0 Å². The van der Waals surface area contributed by atoms with Gasteiger partial charge < -0.3 is 15.4 Å². The van der Waals surface area contributed by atoms with Crippen LogP contribution in [0.3, 0.4) is 0 Å². The van der Waals surface area contributed by atoms with Crippen LogP contribution in [0, 0.1) is 0 Å². The highest BCUT2D eigenvalue weighted by molar-refractivity contribution is 5.98. The van der Waals surface area contributed by atoms with Gasteiger partial charge in [-0.3, -0.25) is 9.59 Å². The van der Waals surface area contributed by atoms with Crippen molar-refractivity contribution >= 4 is 34.5 Å². The second-order valence-electron chi connectivity index (χ2n) is 6.60. The Morgan fingerprint density at radius 2 is 1.83 bits per heavy atom. The van der Waals surface area contributed by atoms with E-state index >= 15 is 0 Å². The van der Waals surface area contributed by atoms with Crippen LogP contribution < -0.4 is 10.6 Å². The topological polar surface area (TPSA) is 115 Å². The fraction of sp³-hybridized carbons (Fsp3) is 0.250. The highest BCUT2D eigenvalue weighted by Gasteiger charge is 2.14. The Morgan fingerprint density at radius 1 is 1.10 bits per heavy atom. The molecule has 29 heavy (non-hydrogen) atoms. The molecule has 3 rings (SSSR count). The van der Waals surface area contributed by atoms with Crippen molar-refractivity contribution < 1.29 is 19.1 Å².